The van der Waals surface area contributed by atoms with E-state index in [1.807, 2.05) is 0 Å². The number of nitrogens with one attached hydrogen (secondary N) is 1. The maximum absolute atomic E-state index is 14.6. The normalized spacial score (nSPS) is 11.8. The average molecular weight is 615 g/mol. The Morgan fingerprint density at radius 2 is 1.80 bits per heavy atom. The van der Waals surface area contributed by atoms with Gasteiger partial charge in [-0.3, -0.25) is 14.8 Å². The number of aryl methyl sites for hydroxylation is 2. The number of nitrogens with two attached hydrogens (primary N) is 1. The minimum absolute atomic E-state index is 0.0492. The van der Waals surface area contributed by atoms with E-state index >= 15 is 0 Å². The smallest absolute Gasteiger partial charge is 0.416 e. The van der Waals surface area contributed by atoms with Gasteiger partial charge in [0.15, 0.2) is 11.4 Å². The number of aromatic nitrogens is 4. The molecular weight excluding hydrogens is 586 g/mol. The van der Waals surface area contributed by atoms with E-state index < -0.39 is 28.8 Å². The number of H-pyrrole nitrogens is 1. The molecule has 2 aromatic carbocycles. The number of nitrogens with zero attached hydrogens (tertiary/aromatic N) is 4. The van der Waals surface area contributed by atoms with Gasteiger partial charge < -0.3 is 19.3 Å². The van der Waals surface area contributed by atoms with Crippen LogP contribution in [0.4, 0.5) is 25.3 Å². The van der Waals surface area contributed by atoms with Crippen LogP contribution in [0.3, 0.4) is 0 Å². The van der Waals surface area contributed by atoms with Gasteiger partial charge in [-0.2, -0.15) is 5.10 Å². The molecule has 0 saturated carbocycles. The molecule has 13 heteroatoms. The van der Waals surface area contributed by atoms with E-state index in [0.717, 1.165) is 0 Å². The molecule has 0 spiro atoms. The van der Waals surface area contributed by atoms with Crippen LogP contribution in [0.2, 0.25) is 0 Å². The van der Waals surface area contributed by atoms with Crippen LogP contribution in [0.1, 0.15) is 32.4 Å². The van der Waals surface area contributed by atoms with Gasteiger partial charge in [0.1, 0.15) is 51.3 Å². The monoisotopic (exact) mass is 614 g/mol. The molecule has 3 N–H and O–H groups in total. The zero-order valence-corrected chi connectivity index (χ0v) is 24.8. The molecule has 0 radical (unpaired) electrons. The standard InChI is InChI=1S/C32H28F2N6O5/c1-32(2,3)45-31(42)40(4)23-14-12-21(44-23)27-26-29(35)36-22(37-30(26)39-38-27)13-11-20-24(16-7-5-8-17(33)15-16)28(41)25-18(34)9-6-10-19(25)43-20/h5-10,12,14-15H,11,13H2,1-4H3,(H3,35,36,37,38,39). The molecule has 0 bridgehead atoms. The van der Waals surface area contributed by atoms with E-state index in [2.05, 4.69) is 20.2 Å². The number of benzene rings is 2. The number of hydrogen-bond donors (Lipinski definition) is 2. The summed E-state index contributed by atoms with van der Waals surface area (Å²) >= 11 is 0. The molecule has 6 aromatic rings. The van der Waals surface area contributed by atoms with Crippen LogP contribution in [-0.4, -0.2) is 38.9 Å². The number of carbonyl (C=O) groups excluding carboxylic acids is 1. The Kier molecular flexibility index (Phi) is 7.31. The lowest BCUT2D eigenvalue weighted by Crippen LogP contribution is -2.33. The quantitative estimate of drug-likeness (QED) is 0.217. The first-order valence-corrected chi connectivity index (χ1v) is 14.0. The molecule has 1 amide bonds. The molecule has 0 fully saturated rings. The summed E-state index contributed by atoms with van der Waals surface area (Å²) in [6, 6.07) is 12.8. The minimum atomic E-state index is -0.735. The number of halogens is 2. The predicted octanol–water partition coefficient (Wildman–Crippen LogP) is 6.40. The van der Waals surface area contributed by atoms with Gasteiger partial charge in [-0.05, 0) is 56.7 Å². The number of hydrogen-bond acceptors (Lipinski definition) is 9. The van der Waals surface area contributed by atoms with Gasteiger partial charge >= 0.3 is 6.09 Å². The summed E-state index contributed by atoms with van der Waals surface area (Å²) in [5.74, 6) is -0.0746. The van der Waals surface area contributed by atoms with E-state index in [1.165, 1.54) is 48.3 Å². The van der Waals surface area contributed by atoms with E-state index in [-0.39, 0.29) is 58.0 Å². The van der Waals surface area contributed by atoms with Crippen molar-refractivity contribution in [2.75, 3.05) is 17.7 Å². The van der Waals surface area contributed by atoms with Gasteiger partial charge in [-0.15, -0.1) is 0 Å². The molecule has 6 rings (SSSR count). The van der Waals surface area contributed by atoms with E-state index in [1.54, 1.807) is 39.0 Å². The second-order valence-electron chi connectivity index (χ2n) is 11.4. The molecule has 0 aliphatic carbocycles. The van der Waals surface area contributed by atoms with Crippen molar-refractivity contribution < 1.29 is 27.1 Å². The molecular formula is C32H28F2N6O5. The van der Waals surface area contributed by atoms with Crippen LogP contribution in [0.15, 0.2) is 68.2 Å². The summed E-state index contributed by atoms with van der Waals surface area (Å²) in [5, 5.41) is 7.33. The van der Waals surface area contributed by atoms with Crippen LogP contribution in [0.5, 0.6) is 0 Å². The van der Waals surface area contributed by atoms with E-state index in [9.17, 15) is 18.4 Å². The lowest BCUT2D eigenvalue weighted by molar-refractivity contribution is 0.0584. The molecule has 0 aliphatic heterocycles. The Bertz CT molecular complexity index is 2150. The number of ether oxygens (including phenoxy) is 1. The van der Waals surface area contributed by atoms with Gasteiger partial charge in [0.05, 0.1) is 10.9 Å². The number of carbonyl (C=O) groups is 1. The average Bonchev–Trinajstić information content (AvgIpc) is 3.62. The molecule has 11 nitrogen and oxygen atoms in total. The van der Waals surface area contributed by atoms with Gasteiger partial charge in [0.25, 0.3) is 0 Å². The maximum atomic E-state index is 14.6. The fraction of sp³-hybridized carbons (Fsp3) is 0.219. The third kappa shape index (κ3) is 5.71. The second kappa shape index (κ2) is 11.2. The Balaban J connectivity index is 1.31. The molecule has 0 unspecified atom stereocenters. The number of amides is 1. The maximum Gasteiger partial charge on any atom is 0.416 e. The van der Waals surface area contributed by atoms with Crippen molar-refractivity contribution in [3.05, 3.63) is 88.0 Å². The third-order valence-electron chi connectivity index (χ3n) is 6.95. The number of nitrogen functional groups attached to an aromatic ring is 1. The summed E-state index contributed by atoms with van der Waals surface area (Å²) in [6.45, 7) is 5.30. The third-order valence-corrected chi connectivity index (χ3v) is 6.95. The van der Waals surface area contributed by atoms with Crippen molar-refractivity contribution in [1.82, 2.24) is 20.2 Å². The molecule has 0 atom stereocenters. The Hall–Kier alpha value is -5.59. The number of fused-ring (bicyclic) bond motifs is 2. The van der Waals surface area contributed by atoms with Gasteiger partial charge in [-0.1, -0.05) is 18.2 Å². The highest BCUT2D eigenvalue weighted by Crippen LogP contribution is 2.33. The minimum Gasteiger partial charge on any atom is -0.460 e. The first kappa shape index (κ1) is 29.5. The molecule has 230 valence electrons. The fourth-order valence-electron chi connectivity index (χ4n) is 4.93. The van der Waals surface area contributed by atoms with Crippen molar-refractivity contribution >= 4 is 39.8 Å². The summed E-state index contributed by atoms with van der Waals surface area (Å²) in [5.41, 5.74) is 6.11. The van der Waals surface area contributed by atoms with Gasteiger partial charge in [-0.25, -0.2) is 23.5 Å². The first-order chi connectivity index (χ1) is 21.4. The molecule has 0 saturated heterocycles. The van der Waals surface area contributed by atoms with E-state index in [0.29, 0.717) is 22.7 Å². The van der Waals surface area contributed by atoms with Crippen molar-refractivity contribution in [3.8, 4) is 22.6 Å². The summed E-state index contributed by atoms with van der Waals surface area (Å²) in [6.07, 6.45) is -0.299. The SMILES string of the molecule is CN(C(=O)OC(C)(C)C)c1ccc(-c2[nH]nc3nc(CCc4oc5cccc(F)c5c(=O)c4-c4cccc(F)c4)nc(N)c23)o1. The number of furan rings is 1. The van der Waals surface area contributed by atoms with E-state index in [4.69, 9.17) is 19.3 Å². The van der Waals surface area contributed by atoms with Crippen LogP contribution < -0.4 is 16.1 Å². The summed E-state index contributed by atoms with van der Waals surface area (Å²) < 4.78 is 46.1. The molecule has 4 aromatic heterocycles. The van der Waals surface area contributed by atoms with Gasteiger partial charge in [0, 0.05) is 26.0 Å². The molecule has 45 heavy (non-hydrogen) atoms. The number of rotatable bonds is 6. The van der Waals surface area contributed by atoms with Crippen LogP contribution in [0, 0.1) is 11.6 Å². The second-order valence-corrected chi connectivity index (χ2v) is 11.4. The highest BCUT2D eigenvalue weighted by atomic mass is 19.1. The predicted molar refractivity (Wildman–Crippen MR) is 164 cm³/mol. The van der Waals surface area contributed by atoms with Crippen LogP contribution >= 0.6 is 0 Å². The summed E-state index contributed by atoms with van der Waals surface area (Å²) in [4.78, 5) is 36.1. The lowest BCUT2D eigenvalue weighted by Gasteiger charge is -2.23. The highest BCUT2D eigenvalue weighted by Gasteiger charge is 2.25. The van der Waals surface area contributed by atoms with Crippen LogP contribution in [0.25, 0.3) is 44.6 Å². The largest absolute Gasteiger partial charge is 0.460 e. The lowest BCUT2D eigenvalue weighted by atomic mass is 9.99. The van der Waals surface area contributed by atoms with Crippen molar-refractivity contribution in [2.24, 2.45) is 0 Å². The Morgan fingerprint density at radius 3 is 2.56 bits per heavy atom. The Morgan fingerprint density at radius 1 is 1.02 bits per heavy atom. The van der Waals surface area contributed by atoms with Crippen molar-refractivity contribution in [1.29, 1.82) is 0 Å². The van der Waals surface area contributed by atoms with Crippen molar-refractivity contribution in [2.45, 2.75) is 39.2 Å². The number of anilines is 2. The molecule has 4 heterocycles. The molecule has 0 aliphatic rings. The summed E-state index contributed by atoms with van der Waals surface area (Å²) in [7, 11) is 1.53. The topological polar surface area (TPSA) is 153 Å². The number of aromatic amines is 1. The van der Waals surface area contributed by atoms with Gasteiger partial charge in [0.2, 0.25) is 11.3 Å². The zero-order chi connectivity index (χ0) is 32.0. The van der Waals surface area contributed by atoms with Crippen LogP contribution in [-0.2, 0) is 17.6 Å². The Labute approximate surface area is 254 Å². The first-order valence-electron chi connectivity index (χ1n) is 14.0. The fourth-order valence-corrected chi connectivity index (χ4v) is 4.93. The zero-order valence-electron chi connectivity index (χ0n) is 24.8. The highest BCUT2D eigenvalue weighted by molar-refractivity contribution is 5.97. The van der Waals surface area contributed by atoms with Crippen molar-refractivity contribution in [3.63, 3.8) is 0 Å².